The van der Waals surface area contributed by atoms with Crippen molar-refractivity contribution >= 4 is 16.0 Å². The quantitative estimate of drug-likeness (QED) is 0.749. The highest BCUT2D eigenvalue weighted by Gasteiger charge is 2.39. The number of hydrogen-bond donors (Lipinski definition) is 0. The van der Waals surface area contributed by atoms with Crippen molar-refractivity contribution in [3.8, 4) is 0 Å². The number of sulfonamides is 1. The normalized spacial score (nSPS) is 15.2. The van der Waals surface area contributed by atoms with Crippen molar-refractivity contribution in [2.24, 2.45) is 0 Å². The van der Waals surface area contributed by atoms with Crippen molar-refractivity contribution in [1.82, 2.24) is 4.31 Å². The standard InChI is InChI=1S/C13H15F2NO4S/c1-2-20-13(17)8-16(11-3-4-11)21(18,19)12-6-9(14)5-10(15)7-12/h5-7,11H,2-4,8H2,1H3. The van der Waals surface area contributed by atoms with Gasteiger partial charge in [-0.05, 0) is 31.9 Å². The van der Waals surface area contributed by atoms with E-state index in [1.165, 1.54) is 0 Å². The Hall–Kier alpha value is -1.54. The van der Waals surface area contributed by atoms with Gasteiger partial charge in [0.05, 0.1) is 11.5 Å². The summed E-state index contributed by atoms with van der Waals surface area (Å²) in [6, 6.07) is 1.73. The molecule has 0 bridgehead atoms. The van der Waals surface area contributed by atoms with Crippen molar-refractivity contribution < 1.29 is 26.7 Å². The van der Waals surface area contributed by atoms with E-state index < -0.39 is 39.1 Å². The predicted octanol–water partition coefficient (Wildman–Crippen LogP) is 1.68. The fourth-order valence-corrected chi connectivity index (χ4v) is 3.59. The first-order chi connectivity index (χ1) is 9.84. The van der Waals surface area contributed by atoms with Gasteiger partial charge in [-0.15, -0.1) is 0 Å². The molecule has 1 aromatic carbocycles. The predicted molar refractivity (Wildman–Crippen MR) is 69.9 cm³/mol. The molecule has 0 atom stereocenters. The number of halogens is 2. The highest BCUT2D eigenvalue weighted by Crippen LogP contribution is 2.32. The molecule has 0 amide bonds. The van der Waals surface area contributed by atoms with Crippen LogP contribution in [0.4, 0.5) is 8.78 Å². The van der Waals surface area contributed by atoms with Crippen LogP contribution in [-0.2, 0) is 19.6 Å². The van der Waals surface area contributed by atoms with Gasteiger partial charge < -0.3 is 4.74 Å². The van der Waals surface area contributed by atoms with Crippen LogP contribution in [0.5, 0.6) is 0 Å². The van der Waals surface area contributed by atoms with Gasteiger partial charge in [0, 0.05) is 12.1 Å². The first-order valence-electron chi connectivity index (χ1n) is 6.48. The summed E-state index contributed by atoms with van der Waals surface area (Å²) in [5.41, 5.74) is 0. The SMILES string of the molecule is CCOC(=O)CN(C1CC1)S(=O)(=O)c1cc(F)cc(F)c1. The average molecular weight is 319 g/mol. The molecule has 0 aromatic heterocycles. The van der Waals surface area contributed by atoms with E-state index in [0.29, 0.717) is 18.9 Å². The fraction of sp³-hybridized carbons (Fsp3) is 0.462. The summed E-state index contributed by atoms with van der Waals surface area (Å²) in [7, 11) is -4.14. The van der Waals surface area contributed by atoms with Crippen LogP contribution in [0.25, 0.3) is 0 Å². The van der Waals surface area contributed by atoms with Crippen LogP contribution in [0.3, 0.4) is 0 Å². The minimum Gasteiger partial charge on any atom is -0.465 e. The molecule has 0 radical (unpaired) electrons. The zero-order valence-electron chi connectivity index (χ0n) is 11.4. The Balaban J connectivity index is 2.31. The maximum absolute atomic E-state index is 13.2. The van der Waals surface area contributed by atoms with E-state index in [4.69, 9.17) is 4.74 Å². The third-order valence-electron chi connectivity index (χ3n) is 2.99. The van der Waals surface area contributed by atoms with Crippen LogP contribution in [0.2, 0.25) is 0 Å². The number of hydrogen-bond acceptors (Lipinski definition) is 4. The molecule has 1 aliphatic carbocycles. The topological polar surface area (TPSA) is 63.7 Å². The Bertz CT molecular complexity index is 623. The molecule has 1 aliphatic rings. The molecule has 8 heteroatoms. The van der Waals surface area contributed by atoms with Crippen molar-refractivity contribution in [2.45, 2.75) is 30.7 Å². The molecular weight excluding hydrogens is 304 g/mol. The molecule has 1 aromatic rings. The Morgan fingerprint density at radius 3 is 2.33 bits per heavy atom. The number of carbonyl (C=O) groups excluding carboxylic acids is 1. The van der Waals surface area contributed by atoms with Gasteiger partial charge in [0.2, 0.25) is 10.0 Å². The highest BCUT2D eigenvalue weighted by atomic mass is 32.2. The summed E-state index contributed by atoms with van der Waals surface area (Å²) >= 11 is 0. The summed E-state index contributed by atoms with van der Waals surface area (Å²) < 4.78 is 57.0. The Morgan fingerprint density at radius 1 is 1.29 bits per heavy atom. The Labute approximate surface area is 121 Å². The third-order valence-corrected chi connectivity index (χ3v) is 4.86. The number of benzene rings is 1. The van der Waals surface area contributed by atoms with Gasteiger partial charge in [0.1, 0.15) is 18.2 Å². The monoisotopic (exact) mass is 319 g/mol. The summed E-state index contributed by atoms with van der Waals surface area (Å²) in [4.78, 5) is 11.0. The van der Waals surface area contributed by atoms with Gasteiger partial charge in [0.15, 0.2) is 0 Å². The lowest BCUT2D eigenvalue weighted by Crippen LogP contribution is -2.38. The van der Waals surface area contributed by atoms with Crippen LogP contribution >= 0.6 is 0 Å². The molecule has 0 spiro atoms. The summed E-state index contributed by atoms with van der Waals surface area (Å²) in [5, 5.41) is 0. The second kappa shape index (κ2) is 6.07. The molecule has 116 valence electrons. The van der Waals surface area contributed by atoms with Gasteiger partial charge in [-0.1, -0.05) is 0 Å². The van der Waals surface area contributed by atoms with E-state index in [-0.39, 0.29) is 12.6 Å². The molecule has 1 saturated carbocycles. The van der Waals surface area contributed by atoms with Crippen molar-refractivity contribution in [2.75, 3.05) is 13.2 Å². The third kappa shape index (κ3) is 3.76. The molecule has 21 heavy (non-hydrogen) atoms. The highest BCUT2D eigenvalue weighted by molar-refractivity contribution is 7.89. The largest absolute Gasteiger partial charge is 0.465 e. The molecule has 1 fully saturated rings. The van der Waals surface area contributed by atoms with Crippen LogP contribution in [-0.4, -0.2) is 37.9 Å². The van der Waals surface area contributed by atoms with E-state index in [2.05, 4.69) is 0 Å². The summed E-state index contributed by atoms with van der Waals surface area (Å²) in [5.74, 6) is -2.66. The van der Waals surface area contributed by atoms with Crippen LogP contribution in [0.15, 0.2) is 23.1 Å². The van der Waals surface area contributed by atoms with E-state index in [1.807, 2.05) is 0 Å². The Morgan fingerprint density at radius 2 is 1.86 bits per heavy atom. The number of nitrogens with zero attached hydrogens (tertiary/aromatic N) is 1. The lowest BCUT2D eigenvalue weighted by Gasteiger charge is -2.21. The minimum atomic E-state index is -4.14. The molecule has 0 saturated heterocycles. The van der Waals surface area contributed by atoms with E-state index >= 15 is 0 Å². The first kappa shape index (κ1) is 15.8. The van der Waals surface area contributed by atoms with Crippen molar-refractivity contribution in [1.29, 1.82) is 0 Å². The summed E-state index contributed by atoms with van der Waals surface area (Å²) in [6.45, 7) is 1.28. The molecule has 0 heterocycles. The van der Waals surface area contributed by atoms with E-state index in [1.54, 1.807) is 6.92 Å². The molecule has 0 unspecified atom stereocenters. The number of rotatable bonds is 6. The maximum Gasteiger partial charge on any atom is 0.321 e. The summed E-state index contributed by atoms with van der Waals surface area (Å²) in [6.07, 6.45) is 1.22. The van der Waals surface area contributed by atoms with E-state index in [0.717, 1.165) is 16.4 Å². The van der Waals surface area contributed by atoms with Gasteiger partial charge >= 0.3 is 5.97 Å². The van der Waals surface area contributed by atoms with Crippen LogP contribution in [0, 0.1) is 11.6 Å². The zero-order valence-corrected chi connectivity index (χ0v) is 12.2. The van der Waals surface area contributed by atoms with E-state index in [9.17, 15) is 22.0 Å². The second-order valence-electron chi connectivity index (χ2n) is 4.69. The molecule has 2 rings (SSSR count). The fourth-order valence-electron chi connectivity index (χ4n) is 1.92. The lowest BCUT2D eigenvalue weighted by atomic mass is 10.3. The number of carbonyl (C=O) groups is 1. The maximum atomic E-state index is 13.2. The van der Waals surface area contributed by atoms with Gasteiger partial charge in [-0.2, -0.15) is 4.31 Å². The molecule has 0 N–H and O–H groups in total. The average Bonchev–Trinajstić information content (AvgIpc) is 3.19. The van der Waals surface area contributed by atoms with Crippen molar-refractivity contribution in [3.63, 3.8) is 0 Å². The minimum absolute atomic E-state index is 0.131. The lowest BCUT2D eigenvalue weighted by molar-refractivity contribution is -0.143. The molecule has 0 aliphatic heterocycles. The van der Waals surface area contributed by atoms with Crippen LogP contribution < -0.4 is 0 Å². The number of esters is 1. The van der Waals surface area contributed by atoms with Crippen molar-refractivity contribution in [3.05, 3.63) is 29.8 Å². The van der Waals surface area contributed by atoms with Gasteiger partial charge in [-0.3, -0.25) is 4.79 Å². The van der Waals surface area contributed by atoms with Crippen LogP contribution in [0.1, 0.15) is 19.8 Å². The number of ether oxygens (including phenoxy) is 1. The molecule has 5 nitrogen and oxygen atoms in total. The zero-order chi connectivity index (χ0) is 15.6. The van der Waals surface area contributed by atoms with Gasteiger partial charge in [-0.25, -0.2) is 17.2 Å². The first-order valence-corrected chi connectivity index (χ1v) is 7.92. The second-order valence-corrected chi connectivity index (χ2v) is 6.58. The smallest absolute Gasteiger partial charge is 0.321 e. The van der Waals surface area contributed by atoms with Gasteiger partial charge in [0.25, 0.3) is 0 Å². The Kier molecular flexibility index (Phi) is 4.58. The molecular formula is C13H15F2NO4S.